The second kappa shape index (κ2) is 8.87. The van der Waals surface area contributed by atoms with Crippen LogP contribution < -0.4 is 19.7 Å². The number of nitrogens with zero attached hydrogens (tertiary/aromatic N) is 1. The van der Waals surface area contributed by atoms with E-state index in [1.165, 1.54) is 12.1 Å². The van der Waals surface area contributed by atoms with E-state index < -0.39 is 0 Å². The van der Waals surface area contributed by atoms with Gasteiger partial charge in [-0.25, -0.2) is 4.39 Å². The second-order valence-electron chi connectivity index (χ2n) is 6.99. The predicted octanol–water partition coefficient (Wildman–Crippen LogP) is 4.40. The maximum Gasteiger partial charge on any atom is 0.265 e. The number of benzene rings is 3. The van der Waals surface area contributed by atoms with Crippen LogP contribution in [0.25, 0.3) is 0 Å². The molecule has 1 heterocycles. The van der Waals surface area contributed by atoms with E-state index in [0.717, 1.165) is 11.3 Å². The quantitative estimate of drug-likeness (QED) is 0.642. The summed E-state index contributed by atoms with van der Waals surface area (Å²) in [5.74, 6) is 0.346. The first kappa shape index (κ1) is 20.4. The number of carbonyl (C=O) groups is 2. The van der Waals surface area contributed by atoms with Gasteiger partial charge in [0.05, 0.1) is 18.8 Å². The molecule has 3 aromatic carbocycles. The summed E-state index contributed by atoms with van der Waals surface area (Å²) in [5.41, 5.74) is 2.28. The fourth-order valence-electron chi connectivity index (χ4n) is 3.29. The highest BCUT2D eigenvalue weighted by Gasteiger charge is 2.26. The lowest BCUT2D eigenvalue weighted by molar-refractivity contribution is -0.121. The van der Waals surface area contributed by atoms with Crippen LogP contribution in [0.4, 0.5) is 15.8 Å². The molecule has 0 aromatic heterocycles. The summed E-state index contributed by atoms with van der Waals surface area (Å²) in [6.07, 6.45) is 0. The number of halogens is 1. The average molecular weight is 420 g/mol. The van der Waals surface area contributed by atoms with Crippen molar-refractivity contribution in [2.24, 2.45) is 0 Å². The lowest BCUT2D eigenvalue weighted by Gasteiger charge is -2.30. The first-order chi connectivity index (χ1) is 15.0. The summed E-state index contributed by atoms with van der Waals surface area (Å²) in [7, 11) is 0. The Morgan fingerprint density at radius 3 is 2.55 bits per heavy atom. The van der Waals surface area contributed by atoms with Gasteiger partial charge in [0.2, 0.25) is 0 Å². The molecule has 1 aliphatic heterocycles. The predicted molar refractivity (Wildman–Crippen MR) is 115 cm³/mol. The number of hydrogen-bond donors (Lipinski definition) is 1. The molecule has 0 saturated carbocycles. The van der Waals surface area contributed by atoms with Crippen LogP contribution in [0.5, 0.6) is 11.5 Å². The molecular formula is C24H21FN2O4. The van der Waals surface area contributed by atoms with Crippen LogP contribution in [0, 0.1) is 5.82 Å². The molecular weight excluding hydrogens is 399 g/mol. The largest absolute Gasteiger partial charge is 0.494 e. The third kappa shape index (κ3) is 4.66. The molecule has 0 saturated heterocycles. The molecule has 1 N–H and O–H groups in total. The Hall–Kier alpha value is -3.87. The van der Waals surface area contributed by atoms with Crippen molar-refractivity contribution in [3.05, 3.63) is 83.7 Å². The molecule has 0 spiro atoms. The summed E-state index contributed by atoms with van der Waals surface area (Å²) < 4.78 is 24.1. The summed E-state index contributed by atoms with van der Waals surface area (Å²) in [6, 6.07) is 18.0. The Morgan fingerprint density at radius 1 is 1.10 bits per heavy atom. The summed E-state index contributed by atoms with van der Waals surface area (Å²) in [5, 5.41) is 2.84. The van der Waals surface area contributed by atoms with Gasteiger partial charge in [-0.05, 0) is 67.1 Å². The number of amides is 2. The van der Waals surface area contributed by atoms with E-state index in [0.29, 0.717) is 29.3 Å². The van der Waals surface area contributed by atoms with Crippen molar-refractivity contribution < 1.29 is 23.5 Å². The number of rotatable bonds is 6. The van der Waals surface area contributed by atoms with Gasteiger partial charge >= 0.3 is 0 Å². The molecule has 7 heteroatoms. The number of carbonyl (C=O) groups excluding carboxylic acids is 2. The molecule has 0 radical (unpaired) electrons. The van der Waals surface area contributed by atoms with E-state index in [-0.39, 0.29) is 30.8 Å². The zero-order valence-electron chi connectivity index (χ0n) is 16.9. The second-order valence-corrected chi connectivity index (χ2v) is 6.99. The molecule has 31 heavy (non-hydrogen) atoms. The van der Waals surface area contributed by atoms with Crippen molar-refractivity contribution in [2.75, 3.05) is 23.4 Å². The first-order valence-electron chi connectivity index (χ1n) is 9.89. The smallest absolute Gasteiger partial charge is 0.265 e. The van der Waals surface area contributed by atoms with Gasteiger partial charge in [0.15, 0.2) is 6.61 Å². The monoisotopic (exact) mass is 420 g/mol. The van der Waals surface area contributed by atoms with Gasteiger partial charge in [-0.15, -0.1) is 0 Å². The minimum Gasteiger partial charge on any atom is -0.494 e. The van der Waals surface area contributed by atoms with Crippen LogP contribution in [-0.2, 0) is 11.3 Å². The van der Waals surface area contributed by atoms with Gasteiger partial charge in [0, 0.05) is 11.3 Å². The van der Waals surface area contributed by atoms with Crippen molar-refractivity contribution in [3.63, 3.8) is 0 Å². The van der Waals surface area contributed by atoms with Gasteiger partial charge in [-0.1, -0.05) is 12.1 Å². The van der Waals surface area contributed by atoms with E-state index in [1.54, 1.807) is 59.5 Å². The standard InChI is InChI=1S/C24H21FN2O4/c1-2-30-20-10-8-19(9-11-20)26-24(29)17-5-12-22-21(13-17)27(23(28)15-31-22)14-16-3-6-18(25)7-4-16/h3-13H,2,14-15H2,1H3,(H,26,29). The van der Waals surface area contributed by atoms with E-state index in [1.807, 2.05) is 6.92 Å². The number of ether oxygens (including phenoxy) is 2. The molecule has 6 nitrogen and oxygen atoms in total. The van der Waals surface area contributed by atoms with Crippen LogP contribution in [-0.4, -0.2) is 25.0 Å². The maximum atomic E-state index is 13.2. The molecule has 0 unspecified atom stereocenters. The minimum atomic E-state index is -0.342. The van der Waals surface area contributed by atoms with Crippen molar-refractivity contribution in [2.45, 2.75) is 13.5 Å². The zero-order valence-corrected chi connectivity index (χ0v) is 16.9. The molecule has 3 aromatic rings. The van der Waals surface area contributed by atoms with Gasteiger partial charge in [0.1, 0.15) is 17.3 Å². The summed E-state index contributed by atoms with van der Waals surface area (Å²) in [6.45, 7) is 2.63. The summed E-state index contributed by atoms with van der Waals surface area (Å²) >= 11 is 0. The van der Waals surface area contributed by atoms with Crippen LogP contribution in [0.2, 0.25) is 0 Å². The van der Waals surface area contributed by atoms with Crippen LogP contribution in [0.15, 0.2) is 66.7 Å². The SMILES string of the molecule is CCOc1ccc(NC(=O)c2ccc3c(c2)N(Cc2ccc(F)cc2)C(=O)CO3)cc1. The number of anilines is 2. The third-order valence-corrected chi connectivity index (χ3v) is 4.84. The number of nitrogens with one attached hydrogen (secondary N) is 1. The molecule has 0 atom stereocenters. The fraction of sp³-hybridized carbons (Fsp3) is 0.167. The molecule has 158 valence electrons. The van der Waals surface area contributed by atoms with E-state index in [2.05, 4.69) is 5.32 Å². The van der Waals surface area contributed by atoms with E-state index in [4.69, 9.17) is 9.47 Å². The molecule has 0 bridgehead atoms. The Balaban J connectivity index is 1.55. The lowest BCUT2D eigenvalue weighted by atomic mass is 10.1. The van der Waals surface area contributed by atoms with E-state index >= 15 is 0 Å². The van der Waals surface area contributed by atoms with Crippen LogP contribution in [0.1, 0.15) is 22.8 Å². The molecule has 4 rings (SSSR count). The van der Waals surface area contributed by atoms with Gasteiger partial charge < -0.3 is 19.7 Å². The van der Waals surface area contributed by atoms with Crippen molar-refractivity contribution in [3.8, 4) is 11.5 Å². The van der Waals surface area contributed by atoms with Crippen molar-refractivity contribution in [1.29, 1.82) is 0 Å². The minimum absolute atomic E-state index is 0.0914. The van der Waals surface area contributed by atoms with Gasteiger partial charge in [-0.2, -0.15) is 0 Å². The van der Waals surface area contributed by atoms with E-state index in [9.17, 15) is 14.0 Å². The summed E-state index contributed by atoms with van der Waals surface area (Å²) in [4.78, 5) is 26.8. The molecule has 0 fully saturated rings. The third-order valence-electron chi connectivity index (χ3n) is 4.84. The first-order valence-corrected chi connectivity index (χ1v) is 9.89. The maximum absolute atomic E-state index is 13.2. The van der Waals surface area contributed by atoms with Crippen LogP contribution in [0.3, 0.4) is 0 Å². The normalized spacial score (nSPS) is 12.7. The van der Waals surface area contributed by atoms with Crippen LogP contribution >= 0.6 is 0 Å². The average Bonchev–Trinajstić information content (AvgIpc) is 2.78. The Morgan fingerprint density at radius 2 is 1.84 bits per heavy atom. The fourth-order valence-corrected chi connectivity index (χ4v) is 3.29. The highest BCUT2D eigenvalue weighted by atomic mass is 19.1. The Kier molecular flexibility index (Phi) is 5.84. The number of hydrogen-bond acceptors (Lipinski definition) is 4. The lowest BCUT2D eigenvalue weighted by Crippen LogP contribution is -2.38. The van der Waals surface area contributed by atoms with Gasteiger partial charge in [0.25, 0.3) is 11.8 Å². The Bertz CT molecular complexity index is 1100. The van der Waals surface area contributed by atoms with Gasteiger partial charge in [-0.3, -0.25) is 9.59 Å². The number of fused-ring (bicyclic) bond motifs is 1. The Labute approximate surface area is 179 Å². The highest BCUT2D eigenvalue weighted by Crippen LogP contribution is 2.34. The molecule has 2 amide bonds. The van der Waals surface area contributed by atoms with Crippen molar-refractivity contribution in [1.82, 2.24) is 0 Å². The highest BCUT2D eigenvalue weighted by molar-refractivity contribution is 6.06. The zero-order chi connectivity index (χ0) is 21.8. The van der Waals surface area contributed by atoms with Crippen molar-refractivity contribution >= 4 is 23.2 Å². The molecule has 0 aliphatic carbocycles. The molecule has 1 aliphatic rings. The topological polar surface area (TPSA) is 67.9 Å².